The summed E-state index contributed by atoms with van der Waals surface area (Å²) in [5.74, 6) is -0.144. The van der Waals surface area contributed by atoms with Crippen LogP contribution in [0.3, 0.4) is 0 Å². The van der Waals surface area contributed by atoms with Crippen molar-refractivity contribution in [1.82, 2.24) is 4.98 Å². The van der Waals surface area contributed by atoms with Crippen LogP contribution < -0.4 is 10.0 Å². The minimum Gasteiger partial charge on any atom is -0.652 e. The van der Waals surface area contributed by atoms with Gasteiger partial charge in [-0.05, 0) is 30.3 Å². The Morgan fingerprint density at radius 3 is 2.88 bits per heavy atom. The number of hydrogen-bond acceptors (Lipinski definition) is 2. The van der Waals surface area contributed by atoms with Crippen LogP contribution in [0, 0.1) is 0 Å². The Balaban J connectivity index is 1.60. The summed E-state index contributed by atoms with van der Waals surface area (Å²) < 4.78 is 0. The molecule has 1 fully saturated rings. The number of pyridine rings is 1. The molecule has 1 unspecified atom stereocenters. The number of carbonyl (C=O) groups is 1. The van der Waals surface area contributed by atoms with E-state index in [9.17, 15) is 4.79 Å². The maximum atomic E-state index is 13.0. The molecule has 1 saturated heterocycles. The number of fused-ring (bicyclic) bond motifs is 4. The fourth-order valence-electron chi connectivity index (χ4n) is 3.29. The lowest BCUT2D eigenvalue weighted by molar-refractivity contribution is -0.736. The van der Waals surface area contributed by atoms with Gasteiger partial charge in [-0.2, -0.15) is 0 Å². The monoisotopic (exact) mass is 328 g/mol. The van der Waals surface area contributed by atoms with Gasteiger partial charge in [0.25, 0.3) is 5.91 Å². The van der Waals surface area contributed by atoms with Crippen molar-refractivity contribution in [3.63, 3.8) is 0 Å². The average molecular weight is 328 g/mol. The lowest BCUT2D eigenvalue weighted by Gasteiger charge is -2.38. The zero-order chi connectivity index (χ0) is 17.0. The van der Waals surface area contributed by atoms with E-state index in [1.165, 1.54) is 5.01 Å². The number of benzene rings is 2. The molecule has 25 heavy (non-hydrogen) atoms. The van der Waals surface area contributed by atoms with Crippen LogP contribution in [-0.4, -0.2) is 10.9 Å². The second-order valence-electron chi connectivity index (χ2n) is 6.04. The Labute approximate surface area is 144 Å². The zero-order valence-corrected chi connectivity index (χ0v) is 13.5. The summed E-state index contributed by atoms with van der Waals surface area (Å²) >= 11 is 0. The topological polar surface area (TPSA) is 65.8 Å². The molecule has 6 heteroatoms. The molecule has 3 aromatic rings. The van der Waals surface area contributed by atoms with E-state index in [0.717, 1.165) is 28.0 Å². The van der Waals surface area contributed by atoms with Gasteiger partial charge in [0.05, 0.1) is 5.52 Å². The molecule has 3 heterocycles. The van der Waals surface area contributed by atoms with Crippen LogP contribution in [-0.2, 0) is 4.79 Å². The third-order valence-electron chi connectivity index (χ3n) is 4.48. The van der Waals surface area contributed by atoms with Crippen molar-refractivity contribution < 1.29 is 9.80 Å². The Bertz CT molecular complexity index is 1060. The molecule has 0 saturated carbocycles. The molecule has 1 amide bonds. The number of quaternary nitrogens is 1. The van der Waals surface area contributed by atoms with Crippen LogP contribution in [0.1, 0.15) is 6.92 Å². The first-order valence-corrected chi connectivity index (χ1v) is 8.02. The van der Waals surface area contributed by atoms with Gasteiger partial charge in [0.15, 0.2) is 5.70 Å². The second kappa shape index (κ2) is 5.14. The lowest BCUT2D eigenvalue weighted by atomic mass is 10.1. The fraction of sp³-hybridized carbons (Fsp3) is 0.0526. The van der Waals surface area contributed by atoms with Gasteiger partial charge in [0.1, 0.15) is 5.69 Å². The number of carbonyl (C=O) groups excluding carboxylic acids is 1. The van der Waals surface area contributed by atoms with Gasteiger partial charge < -0.3 is 20.9 Å². The van der Waals surface area contributed by atoms with Crippen molar-refractivity contribution in [2.45, 2.75) is 6.92 Å². The van der Waals surface area contributed by atoms with Crippen LogP contribution in [0.15, 0.2) is 72.2 Å². The molecule has 1 atom stereocenters. The summed E-state index contributed by atoms with van der Waals surface area (Å²) in [6, 6.07) is 17.3. The van der Waals surface area contributed by atoms with Gasteiger partial charge in [-0.3, -0.25) is 9.78 Å². The summed E-state index contributed by atoms with van der Waals surface area (Å²) in [6.07, 6.45) is 1.75. The van der Waals surface area contributed by atoms with Crippen molar-refractivity contribution in [2.75, 3.05) is 5.01 Å². The molecular formula is C19H14N5O-. The third kappa shape index (κ3) is 2.05. The van der Waals surface area contributed by atoms with Crippen LogP contribution in [0.5, 0.6) is 0 Å². The molecule has 6 nitrogen and oxygen atoms in total. The summed E-state index contributed by atoms with van der Waals surface area (Å²) in [5, 5.41) is 7.68. The summed E-state index contributed by atoms with van der Waals surface area (Å²) in [7, 11) is 0. The predicted molar refractivity (Wildman–Crippen MR) is 95.4 cm³/mol. The molecule has 5 rings (SSSR count). The first-order valence-electron chi connectivity index (χ1n) is 8.02. The standard InChI is InChI=1S/C19H15N5O/c1-12-18-19(25)23(14-8-9-15-13(11-14)5-4-10-20-15)22-24(18)17-7-3-2-6-16(17)21-12/h2-11,24H,1H3,(H,21,25)/p-1. The van der Waals surface area contributed by atoms with Crippen LogP contribution >= 0.6 is 0 Å². The summed E-state index contributed by atoms with van der Waals surface area (Å²) in [4.78, 5) is 17.3. The van der Waals surface area contributed by atoms with E-state index in [1.807, 2.05) is 61.5 Å². The van der Waals surface area contributed by atoms with Crippen molar-refractivity contribution >= 4 is 33.9 Å². The average Bonchev–Trinajstić information content (AvgIpc) is 3.00. The van der Waals surface area contributed by atoms with Gasteiger partial charge in [0.2, 0.25) is 0 Å². The maximum Gasteiger partial charge on any atom is 0.297 e. The molecular weight excluding hydrogens is 314 g/mol. The highest BCUT2D eigenvalue weighted by atomic mass is 16.2. The third-order valence-corrected chi connectivity index (χ3v) is 4.48. The van der Waals surface area contributed by atoms with Gasteiger partial charge in [-0.15, -0.1) is 0 Å². The zero-order valence-electron chi connectivity index (χ0n) is 13.5. The molecule has 0 spiro atoms. The number of allylic oxidation sites excluding steroid dienone is 1. The van der Waals surface area contributed by atoms with Crippen molar-refractivity contribution in [3.8, 4) is 0 Å². The highest BCUT2D eigenvalue weighted by molar-refractivity contribution is 6.09. The number of hydrogen-bond donors (Lipinski definition) is 1. The van der Waals surface area contributed by atoms with Crippen LogP contribution in [0.2, 0.25) is 0 Å². The Morgan fingerprint density at radius 2 is 1.96 bits per heavy atom. The minimum atomic E-state index is -0.144. The lowest BCUT2D eigenvalue weighted by Crippen LogP contribution is -3.00. The van der Waals surface area contributed by atoms with Gasteiger partial charge in [-0.25, -0.2) is 0 Å². The fourth-order valence-corrected chi connectivity index (χ4v) is 3.29. The number of anilines is 1. The molecule has 0 bridgehead atoms. The van der Waals surface area contributed by atoms with Gasteiger partial charge in [-0.1, -0.05) is 42.6 Å². The van der Waals surface area contributed by atoms with E-state index in [2.05, 4.69) is 15.8 Å². The Morgan fingerprint density at radius 1 is 1.08 bits per heavy atom. The minimum absolute atomic E-state index is 0.144. The number of rotatable bonds is 1. The van der Waals surface area contributed by atoms with E-state index in [1.54, 1.807) is 6.20 Å². The number of para-hydroxylation sites is 2. The summed E-state index contributed by atoms with van der Waals surface area (Å²) in [5.41, 5.74) is 9.25. The molecule has 2 aliphatic heterocycles. The Kier molecular flexibility index (Phi) is 2.91. The molecule has 1 N–H and O–H groups in total. The molecule has 0 radical (unpaired) electrons. The molecule has 1 aromatic heterocycles. The quantitative estimate of drug-likeness (QED) is 0.745. The van der Waals surface area contributed by atoms with E-state index < -0.39 is 0 Å². The van der Waals surface area contributed by atoms with Crippen molar-refractivity contribution in [3.05, 3.63) is 83.0 Å². The number of nitrogens with one attached hydrogen (secondary N) is 1. The predicted octanol–water partition coefficient (Wildman–Crippen LogP) is 3.25. The van der Waals surface area contributed by atoms with Gasteiger partial charge in [0, 0.05) is 17.3 Å². The molecule has 122 valence electrons. The van der Waals surface area contributed by atoms with E-state index in [4.69, 9.17) is 0 Å². The number of nitrogens with zero attached hydrogens (tertiary/aromatic N) is 4. The largest absolute Gasteiger partial charge is 0.652 e. The molecule has 2 aromatic carbocycles. The van der Waals surface area contributed by atoms with Crippen LogP contribution in [0.25, 0.3) is 21.8 Å². The van der Waals surface area contributed by atoms with E-state index in [0.29, 0.717) is 16.4 Å². The molecule has 2 aliphatic rings. The number of amides is 1. The first kappa shape index (κ1) is 14.2. The van der Waals surface area contributed by atoms with E-state index in [-0.39, 0.29) is 5.91 Å². The molecule has 0 aliphatic carbocycles. The summed E-state index contributed by atoms with van der Waals surface area (Å²) in [6.45, 7) is 1.85. The smallest absolute Gasteiger partial charge is 0.297 e. The van der Waals surface area contributed by atoms with Crippen molar-refractivity contribution in [1.29, 1.82) is 0 Å². The normalized spacial score (nSPS) is 19.0. The maximum absolute atomic E-state index is 13.0. The Hall–Kier alpha value is -3.22. The highest BCUT2D eigenvalue weighted by Gasteiger charge is 2.34. The van der Waals surface area contributed by atoms with Crippen LogP contribution in [0.4, 0.5) is 17.1 Å². The first-order chi connectivity index (χ1) is 12.2. The SMILES string of the molecule is CC1=C2C(=O)N(c3ccc4ncccc4c3)[N-][NH+]2c2ccccc2[N-]1. The van der Waals surface area contributed by atoms with E-state index >= 15 is 0 Å². The highest BCUT2D eigenvalue weighted by Crippen LogP contribution is 2.38. The number of aromatic nitrogens is 1. The van der Waals surface area contributed by atoms with Crippen molar-refractivity contribution in [2.24, 2.45) is 0 Å². The second-order valence-corrected chi connectivity index (χ2v) is 6.04. The van der Waals surface area contributed by atoms with Gasteiger partial charge >= 0.3 is 0 Å².